The lowest BCUT2D eigenvalue weighted by atomic mass is 9.67. The Hall–Kier alpha value is -0.300. The van der Waals surface area contributed by atoms with Crippen molar-refractivity contribution in [1.82, 2.24) is 0 Å². The lowest BCUT2D eigenvalue weighted by molar-refractivity contribution is 0.0571. The van der Waals surface area contributed by atoms with Crippen molar-refractivity contribution in [2.75, 3.05) is 0 Å². The molecule has 68 valence electrons. The van der Waals surface area contributed by atoms with E-state index < -0.39 is 0 Å². The van der Waals surface area contributed by atoms with E-state index in [1.54, 1.807) is 0 Å². The minimum absolute atomic E-state index is 0.00142. The standard InChI is InChI=1S/C11H18O/c12-10-4-8-11(9-5-10)6-2-1-3-7-11/h1-2,10,12H,3-9H2. The molecule has 0 saturated heterocycles. The largest absolute Gasteiger partial charge is 0.393 e. The smallest absolute Gasteiger partial charge is 0.0540 e. The number of rotatable bonds is 0. The third-order valence-electron chi connectivity index (χ3n) is 3.57. The molecule has 1 fully saturated rings. The van der Waals surface area contributed by atoms with Gasteiger partial charge in [-0.05, 0) is 50.4 Å². The summed E-state index contributed by atoms with van der Waals surface area (Å²) in [6.07, 6.45) is 13.1. The van der Waals surface area contributed by atoms with Gasteiger partial charge in [0.1, 0.15) is 0 Å². The molecule has 1 saturated carbocycles. The van der Waals surface area contributed by atoms with Gasteiger partial charge in [0.05, 0.1) is 6.10 Å². The average molecular weight is 166 g/mol. The van der Waals surface area contributed by atoms with E-state index in [2.05, 4.69) is 12.2 Å². The molecule has 0 aromatic heterocycles. The molecular formula is C11H18O. The van der Waals surface area contributed by atoms with Crippen LogP contribution in [-0.4, -0.2) is 11.2 Å². The molecule has 2 rings (SSSR count). The van der Waals surface area contributed by atoms with Crippen LogP contribution in [0.4, 0.5) is 0 Å². The van der Waals surface area contributed by atoms with Gasteiger partial charge in [-0.3, -0.25) is 0 Å². The van der Waals surface area contributed by atoms with Crippen LogP contribution in [0.2, 0.25) is 0 Å². The van der Waals surface area contributed by atoms with E-state index in [4.69, 9.17) is 0 Å². The summed E-state index contributed by atoms with van der Waals surface area (Å²) in [6, 6.07) is 0. The first-order chi connectivity index (χ1) is 5.81. The molecule has 0 aromatic rings. The molecule has 12 heavy (non-hydrogen) atoms. The average Bonchev–Trinajstić information content (AvgIpc) is 2.13. The Morgan fingerprint density at radius 2 is 1.83 bits per heavy atom. The summed E-state index contributed by atoms with van der Waals surface area (Å²) in [5.41, 5.74) is 0.591. The van der Waals surface area contributed by atoms with E-state index >= 15 is 0 Å². The summed E-state index contributed by atoms with van der Waals surface area (Å²) in [5.74, 6) is 0. The Balaban J connectivity index is 1.98. The zero-order valence-electron chi connectivity index (χ0n) is 7.63. The van der Waals surface area contributed by atoms with Gasteiger partial charge < -0.3 is 5.11 Å². The van der Waals surface area contributed by atoms with Crippen LogP contribution in [0.3, 0.4) is 0 Å². The predicted octanol–water partition coefficient (Wildman–Crippen LogP) is 2.65. The molecule has 1 heteroatoms. The second kappa shape index (κ2) is 3.21. The van der Waals surface area contributed by atoms with Crippen LogP contribution in [0.1, 0.15) is 44.9 Å². The fourth-order valence-corrected chi connectivity index (χ4v) is 2.61. The van der Waals surface area contributed by atoms with Gasteiger partial charge in [0.15, 0.2) is 0 Å². The first kappa shape index (κ1) is 8.31. The van der Waals surface area contributed by atoms with Gasteiger partial charge >= 0.3 is 0 Å². The van der Waals surface area contributed by atoms with E-state index in [1.165, 1.54) is 32.1 Å². The fourth-order valence-electron chi connectivity index (χ4n) is 2.61. The first-order valence-electron chi connectivity index (χ1n) is 5.14. The lowest BCUT2D eigenvalue weighted by Crippen LogP contribution is -2.30. The minimum Gasteiger partial charge on any atom is -0.393 e. The van der Waals surface area contributed by atoms with Crippen LogP contribution in [0.25, 0.3) is 0 Å². The SMILES string of the molecule is OC1CCC2(CC=CCC2)CC1. The molecule has 0 aromatic carbocycles. The Kier molecular flexibility index (Phi) is 2.22. The van der Waals surface area contributed by atoms with Gasteiger partial charge in [0, 0.05) is 0 Å². The van der Waals surface area contributed by atoms with Crippen molar-refractivity contribution in [2.45, 2.75) is 51.0 Å². The highest BCUT2D eigenvalue weighted by Crippen LogP contribution is 2.45. The van der Waals surface area contributed by atoms with Gasteiger partial charge in [0.2, 0.25) is 0 Å². The summed E-state index contributed by atoms with van der Waals surface area (Å²) >= 11 is 0. The van der Waals surface area contributed by atoms with Gasteiger partial charge in [-0.25, -0.2) is 0 Å². The summed E-state index contributed by atoms with van der Waals surface area (Å²) < 4.78 is 0. The van der Waals surface area contributed by atoms with Crippen molar-refractivity contribution < 1.29 is 5.11 Å². The lowest BCUT2D eigenvalue weighted by Gasteiger charge is -2.40. The highest BCUT2D eigenvalue weighted by Gasteiger charge is 2.33. The second-order valence-corrected chi connectivity index (χ2v) is 4.45. The molecule has 0 amide bonds. The molecule has 2 aliphatic carbocycles. The molecule has 1 spiro atoms. The van der Waals surface area contributed by atoms with Gasteiger partial charge in [0.25, 0.3) is 0 Å². The zero-order valence-corrected chi connectivity index (χ0v) is 7.63. The van der Waals surface area contributed by atoms with Crippen molar-refractivity contribution >= 4 is 0 Å². The van der Waals surface area contributed by atoms with Crippen LogP contribution in [-0.2, 0) is 0 Å². The first-order valence-corrected chi connectivity index (χ1v) is 5.14. The van der Waals surface area contributed by atoms with Crippen molar-refractivity contribution in [3.63, 3.8) is 0 Å². The van der Waals surface area contributed by atoms with Crippen molar-refractivity contribution in [3.8, 4) is 0 Å². The molecule has 0 aliphatic heterocycles. The normalized spacial score (nSPS) is 41.9. The van der Waals surface area contributed by atoms with Crippen LogP contribution >= 0.6 is 0 Å². The Bertz CT molecular complexity index is 175. The third-order valence-corrected chi connectivity index (χ3v) is 3.57. The van der Waals surface area contributed by atoms with E-state index in [0.717, 1.165) is 12.8 Å². The highest BCUT2D eigenvalue weighted by molar-refractivity contribution is 4.99. The third kappa shape index (κ3) is 1.56. The Morgan fingerprint density at radius 3 is 2.42 bits per heavy atom. The van der Waals surface area contributed by atoms with E-state index in [9.17, 15) is 5.11 Å². The number of hydrogen-bond acceptors (Lipinski definition) is 1. The topological polar surface area (TPSA) is 20.2 Å². The van der Waals surface area contributed by atoms with Gasteiger partial charge in [-0.15, -0.1) is 0 Å². The zero-order chi connectivity index (χ0) is 8.44. The number of aliphatic hydroxyl groups excluding tert-OH is 1. The number of allylic oxidation sites excluding steroid dienone is 2. The predicted molar refractivity (Wildman–Crippen MR) is 49.9 cm³/mol. The molecule has 0 heterocycles. The monoisotopic (exact) mass is 166 g/mol. The number of aliphatic hydroxyl groups is 1. The van der Waals surface area contributed by atoms with Gasteiger partial charge in [-0.2, -0.15) is 0 Å². The number of hydrogen-bond donors (Lipinski definition) is 1. The molecular weight excluding hydrogens is 148 g/mol. The summed E-state index contributed by atoms with van der Waals surface area (Å²) in [5, 5.41) is 9.41. The molecule has 1 nitrogen and oxygen atoms in total. The molecule has 0 bridgehead atoms. The fraction of sp³-hybridized carbons (Fsp3) is 0.818. The summed E-state index contributed by atoms with van der Waals surface area (Å²) in [4.78, 5) is 0. The van der Waals surface area contributed by atoms with Crippen LogP contribution in [0, 0.1) is 5.41 Å². The van der Waals surface area contributed by atoms with Crippen molar-refractivity contribution in [3.05, 3.63) is 12.2 Å². The molecule has 2 aliphatic rings. The molecule has 0 unspecified atom stereocenters. The summed E-state index contributed by atoms with van der Waals surface area (Å²) in [6.45, 7) is 0. The maximum Gasteiger partial charge on any atom is 0.0540 e. The second-order valence-electron chi connectivity index (χ2n) is 4.45. The van der Waals surface area contributed by atoms with Crippen LogP contribution in [0.15, 0.2) is 12.2 Å². The van der Waals surface area contributed by atoms with Crippen molar-refractivity contribution in [1.29, 1.82) is 0 Å². The van der Waals surface area contributed by atoms with Crippen LogP contribution < -0.4 is 0 Å². The van der Waals surface area contributed by atoms with E-state index in [0.29, 0.717) is 5.41 Å². The molecule has 0 atom stereocenters. The maximum absolute atomic E-state index is 9.41. The summed E-state index contributed by atoms with van der Waals surface area (Å²) in [7, 11) is 0. The van der Waals surface area contributed by atoms with Gasteiger partial charge in [-0.1, -0.05) is 12.2 Å². The van der Waals surface area contributed by atoms with E-state index in [1.807, 2.05) is 0 Å². The van der Waals surface area contributed by atoms with Crippen molar-refractivity contribution in [2.24, 2.45) is 5.41 Å². The Labute approximate surface area is 74.5 Å². The quantitative estimate of drug-likeness (QED) is 0.548. The minimum atomic E-state index is 0.00142. The maximum atomic E-state index is 9.41. The Morgan fingerprint density at radius 1 is 1.08 bits per heavy atom. The molecule has 0 radical (unpaired) electrons. The molecule has 1 N–H and O–H groups in total. The van der Waals surface area contributed by atoms with Crippen LogP contribution in [0.5, 0.6) is 0 Å². The van der Waals surface area contributed by atoms with E-state index in [-0.39, 0.29) is 6.10 Å². The highest BCUT2D eigenvalue weighted by atomic mass is 16.3.